The van der Waals surface area contributed by atoms with Crippen molar-refractivity contribution in [2.45, 2.75) is 75.6 Å². The summed E-state index contributed by atoms with van der Waals surface area (Å²) in [5, 5.41) is 0.797. The normalized spacial score (nSPS) is 26.0. The van der Waals surface area contributed by atoms with Crippen LogP contribution >= 0.6 is 0 Å². The Balaban J connectivity index is 1.63. The number of nitrogens with zero attached hydrogens (tertiary/aromatic N) is 1. The van der Waals surface area contributed by atoms with Crippen molar-refractivity contribution in [1.29, 1.82) is 0 Å². The van der Waals surface area contributed by atoms with Gasteiger partial charge in [-0.1, -0.05) is 19.8 Å². The lowest BCUT2D eigenvalue weighted by Crippen LogP contribution is -2.52. The fourth-order valence-electron chi connectivity index (χ4n) is 5.46. The highest BCUT2D eigenvalue weighted by molar-refractivity contribution is 5.88. The van der Waals surface area contributed by atoms with E-state index in [9.17, 15) is 18.0 Å². The number of ether oxygens (including phenoxy) is 2. The van der Waals surface area contributed by atoms with Crippen molar-refractivity contribution in [2.24, 2.45) is 0 Å². The van der Waals surface area contributed by atoms with Gasteiger partial charge in [-0.15, -0.1) is 0 Å². The SMILES string of the molecule is CCCCC1(N(C)C)CCC2(CC1)OCCc1c2[nH]c2ccc(OC(=O)C(F)(F)F)cc12. The second-order valence-electron chi connectivity index (χ2n) is 9.39. The number of nitrogens with one attached hydrogen (secondary N) is 1. The number of H-pyrrole nitrogens is 1. The van der Waals surface area contributed by atoms with E-state index >= 15 is 0 Å². The summed E-state index contributed by atoms with van der Waals surface area (Å²) in [5.74, 6) is -2.31. The van der Waals surface area contributed by atoms with Crippen LogP contribution in [-0.2, 0) is 21.6 Å². The molecule has 0 saturated heterocycles. The van der Waals surface area contributed by atoms with Gasteiger partial charge in [0.15, 0.2) is 0 Å². The van der Waals surface area contributed by atoms with Crippen LogP contribution < -0.4 is 4.74 Å². The highest BCUT2D eigenvalue weighted by Crippen LogP contribution is 2.50. The summed E-state index contributed by atoms with van der Waals surface area (Å²) in [6, 6.07) is 4.60. The van der Waals surface area contributed by atoms with E-state index in [2.05, 4.69) is 35.6 Å². The average molecular weight is 453 g/mol. The van der Waals surface area contributed by atoms with Crippen molar-refractivity contribution >= 4 is 16.9 Å². The van der Waals surface area contributed by atoms with Crippen LogP contribution in [0, 0.1) is 0 Å². The van der Waals surface area contributed by atoms with E-state index in [1.165, 1.54) is 31.4 Å². The van der Waals surface area contributed by atoms with Crippen molar-refractivity contribution < 1.29 is 27.4 Å². The zero-order valence-electron chi connectivity index (χ0n) is 18.9. The molecule has 1 aliphatic heterocycles. The maximum atomic E-state index is 12.6. The molecule has 1 aliphatic carbocycles. The predicted octanol–water partition coefficient (Wildman–Crippen LogP) is 5.47. The van der Waals surface area contributed by atoms with E-state index in [-0.39, 0.29) is 11.3 Å². The molecule has 5 nitrogen and oxygen atoms in total. The third kappa shape index (κ3) is 4.03. The molecule has 0 atom stereocenters. The largest absolute Gasteiger partial charge is 0.491 e. The third-order valence-corrected chi connectivity index (χ3v) is 7.44. The van der Waals surface area contributed by atoms with Crippen LogP contribution in [0.5, 0.6) is 5.75 Å². The summed E-state index contributed by atoms with van der Waals surface area (Å²) in [4.78, 5) is 17.1. The van der Waals surface area contributed by atoms with E-state index < -0.39 is 17.7 Å². The Hall–Kier alpha value is -2.06. The number of halogens is 3. The molecule has 0 radical (unpaired) electrons. The molecule has 32 heavy (non-hydrogen) atoms. The lowest BCUT2D eigenvalue weighted by molar-refractivity contribution is -0.189. The summed E-state index contributed by atoms with van der Waals surface area (Å²) < 4.78 is 48.7. The summed E-state index contributed by atoms with van der Waals surface area (Å²) >= 11 is 0. The van der Waals surface area contributed by atoms with E-state index in [4.69, 9.17) is 4.74 Å². The first-order chi connectivity index (χ1) is 15.1. The first kappa shape index (κ1) is 23.1. The van der Waals surface area contributed by atoms with Gasteiger partial charge < -0.3 is 19.4 Å². The van der Waals surface area contributed by atoms with Crippen molar-refractivity contribution in [3.63, 3.8) is 0 Å². The second-order valence-corrected chi connectivity index (χ2v) is 9.39. The second kappa shape index (κ2) is 8.37. The molecule has 0 amide bonds. The molecule has 4 rings (SSSR count). The molecule has 0 bridgehead atoms. The molecule has 1 fully saturated rings. The Morgan fingerprint density at radius 3 is 2.56 bits per heavy atom. The van der Waals surface area contributed by atoms with E-state index in [0.29, 0.717) is 13.0 Å². The van der Waals surface area contributed by atoms with Gasteiger partial charge in [0.25, 0.3) is 0 Å². The first-order valence-electron chi connectivity index (χ1n) is 11.4. The molecule has 0 unspecified atom stereocenters. The maximum Gasteiger partial charge on any atom is 0.491 e. The van der Waals surface area contributed by atoms with Crippen molar-refractivity contribution in [1.82, 2.24) is 9.88 Å². The van der Waals surface area contributed by atoms with Gasteiger partial charge in [0.05, 0.1) is 12.3 Å². The Morgan fingerprint density at radius 1 is 1.22 bits per heavy atom. The zero-order valence-corrected chi connectivity index (χ0v) is 18.9. The van der Waals surface area contributed by atoms with Crippen molar-refractivity contribution in [3.05, 3.63) is 29.5 Å². The number of fused-ring (bicyclic) bond motifs is 4. The first-order valence-corrected chi connectivity index (χ1v) is 11.4. The van der Waals surface area contributed by atoms with Gasteiger partial charge in [-0.25, -0.2) is 4.79 Å². The van der Waals surface area contributed by atoms with Gasteiger partial charge in [-0.2, -0.15) is 13.2 Å². The molecule has 176 valence electrons. The van der Waals surface area contributed by atoms with Crippen LogP contribution in [0.2, 0.25) is 0 Å². The van der Waals surface area contributed by atoms with Crippen molar-refractivity contribution in [3.8, 4) is 5.75 Å². The molecule has 2 heterocycles. The smallest absolute Gasteiger partial charge is 0.420 e. The summed E-state index contributed by atoms with van der Waals surface area (Å²) in [6.07, 6.45) is 3.03. The van der Waals surface area contributed by atoms with Crippen molar-refractivity contribution in [2.75, 3.05) is 20.7 Å². The van der Waals surface area contributed by atoms with Crippen LogP contribution in [0.1, 0.15) is 63.1 Å². The van der Waals surface area contributed by atoms with Gasteiger partial charge in [0.1, 0.15) is 11.4 Å². The van der Waals surface area contributed by atoms with Gasteiger partial charge in [-0.05, 0) is 76.4 Å². The molecule has 1 N–H and O–H groups in total. The number of alkyl halides is 3. The Morgan fingerprint density at radius 2 is 1.94 bits per heavy atom. The Bertz CT molecular complexity index is 988. The molecule has 1 spiro atoms. The molecular formula is C24H31F3N2O3. The van der Waals surface area contributed by atoms with Crippen LogP contribution in [0.4, 0.5) is 13.2 Å². The van der Waals surface area contributed by atoms with Crippen LogP contribution in [0.15, 0.2) is 18.2 Å². The number of unbranched alkanes of at least 4 members (excludes halogenated alkanes) is 1. The van der Waals surface area contributed by atoms with E-state index in [1.54, 1.807) is 6.07 Å². The molecule has 8 heteroatoms. The van der Waals surface area contributed by atoms with Gasteiger partial charge in [-0.3, -0.25) is 0 Å². The number of rotatable bonds is 5. The topological polar surface area (TPSA) is 54.6 Å². The molecular weight excluding hydrogens is 421 g/mol. The minimum atomic E-state index is -5.02. The predicted molar refractivity (Wildman–Crippen MR) is 116 cm³/mol. The number of hydrogen-bond donors (Lipinski definition) is 1. The Kier molecular flexibility index (Phi) is 6.05. The average Bonchev–Trinajstić information content (AvgIpc) is 3.12. The zero-order chi connectivity index (χ0) is 23.1. The van der Waals surface area contributed by atoms with Gasteiger partial charge in [0, 0.05) is 16.4 Å². The van der Waals surface area contributed by atoms with E-state index in [0.717, 1.165) is 47.8 Å². The highest BCUT2D eigenvalue weighted by atomic mass is 19.4. The Labute approximate surface area is 186 Å². The molecule has 1 aromatic heterocycles. The fraction of sp³-hybridized carbons (Fsp3) is 0.625. The molecule has 1 saturated carbocycles. The lowest BCUT2D eigenvalue weighted by atomic mass is 9.69. The van der Waals surface area contributed by atoms with Crippen LogP contribution in [0.3, 0.4) is 0 Å². The highest BCUT2D eigenvalue weighted by Gasteiger charge is 2.48. The minimum absolute atomic E-state index is 0.1000. The summed E-state index contributed by atoms with van der Waals surface area (Å²) in [7, 11) is 4.32. The number of hydrogen-bond acceptors (Lipinski definition) is 4. The van der Waals surface area contributed by atoms with Crippen LogP contribution in [-0.4, -0.2) is 48.3 Å². The maximum absolute atomic E-state index is 12.6. The molecule has 1 aromatic carbocycles. The monoisotopic (exact) mass is 452 g/mol. The standard InChI is InChI=1S/C24H31F3N2O3/c1-4-5-9-22(29(2)3)10-12-23(13-11-22)20-17(8-14-31-23)18-15-16(6-7-19(18)28-20)32-21(30)24(25,26)27/h6-7,15,28H,4-5,8-14H2,1-3H3. The van der Waals surface area contributed by atoms with Crippen LogP contribution in [0.25, 0.3) is 10.9 Å². The molecule has 2 aromatic rings. The summed E-state index contributed by atoms with van der Waals surface area (Å²) in [6.45, 7) is 2.78. The quantitative estimate of drug-likeness (QED) is 0.483. The van der Waals surface area contributed by atoms with Gasteiger partial charge >= 0.3 is 12.1 Å². The number of aromatic amines is 1. The number of aromatic nitrogens is 1. The lowest BCUT2D eigenvalue weighted by Gasteiger charge is -2.50. The minimum Gasteiger partial charge on any atom is -0.420 e. The molecule has 2 aliphatic rings. The summed E-state index contributed by atoms with van der Waals surface area (Å²) in [5.41, 5.74) is 2.68. The van der Waals surface area contributed by atoms with E-state index in [1.807, 2.05) is 0 Å². The number of carbonyl (C=O) groups is 1. The number of benzene rings is 1. The third-order valence-electron chi connectivity index (χ3n) is 7.44. The number of esters is 1. The fourth-order valence-corrected chi connectivity index (χ4v) is 5.46. The van der Waals surface area contributed by atoms with Gasteiger partial charge in [0.2, 0.25) is 0 Å². The number of carbonyl (C=O) groups excluding carboxylic acids is 1.